The van der Waals surface area contributed by atoms with Gasteiger partial charge in [-0.05, 0) is 39.7 Å². The Balaban J connectivity index is 2.40. The molecular formula is C17H32N4O2. The molecule has 23 heavy (non-hydrogen) atoms. The fraction of sp³-hybridized carbons (Fsp3) is 0.765. The second-order valence-electron chi connectivity index (χ2n) is 6.69. The summed E-state index contributed by atoms with van der Waals surface area (Å²) in [5.74, 6) is 0. The van der Waals surface area contributed by atoms with Gasteiger partial charge in [0.15, 0.2) is 0 Å². The lowest BCUT2D eigenvalue weighted by Gasteiger charge is -2.27. The van der Waals surface area contributed by atoms with E-state index in [1.54, 1.807) is 4.90 Å². The Morgan fingerprint density at radius 3 is 2.65 bits per heavy atom. The van der Waals surface area contributed by atoms with Crippen molar-refractivity contribution in [1.82, 2.24) is 20.0 Å². The number of hydrogen-bond donors (Lipinski definition) is 1. The van der Waals surface area contributed by atoms with Gasteiger partial charge in [-0.2, -0.15) is 5.10 Å². The van der Waals surface area contributed by atoms with E-state index in [1.807, 2.05) is 37.7 Å². The van der Waals surface area contributed by atoms with E-state index in [0.29, 0.717) is 13.1 Å². The summed E-state index contributed by atoms with van der Waals surface area (Å²) in [6.45, 7) is 13.7. The number of carbonyl (C=O) groups excluding carboxylic acids is 1. The van der Waals surface area contributed by atoms with Crippen molar-refractivity contribution < 1.29 is 9.53 Å². The van der Waals surface area contributed by atoms with Gasteiger partial charge in [0, 0.05) is 38.9 Å². The van der Waals surface area contributed by atoms with E-state index >= 15 is 0 Å². The summed E-state index contributed by atoms with van der Waals surface area (Å²) in [5.41, 5.74) is 0.717. The van der Waals surface area contributed by atoms with E-state index in [9.17, 15) is 4.79 Å². The molecule has 0 saturated heterocycles. The molecule has 0 aliphatic heterocycles. The number of aryl methyl sites for hydroxylation is 1. The predicted octanol–water partition coefficient (Wildman–Crippen LogP) is 3.03. The smallest absolute Gasteiger partial charge is 0.410 e. The fourth-order valence-corrected chi connectivity index (χ4v) is 2.24. The summed E-state index contributed by atoms with van der Waals surface area (Å²) in [4.78, 5) is 13.9. The number of carbonyl (C=O) groups is 1. The molecule has 1 N–H and O–H groups in total. The zero-order valence-electron chi connectivity index (χ0n) is 15.3. The molecule has 1 rings (SSSR count). The van der Waals surface area contributed by atoms with E-state index in [-0.39, 0.29) is 6.09 Å². The molecule has 1 aromatic heterocycles. The summed E-state index contributed by atoms with van der Waals surface area (Å²) >= 11 is 0. The highest BCUT2D eigenvalue weighted by molar-refractivity contribution is 5.68. The molecule has 6 heteroatoms. The standard InChI is InChI=1S/C17H32N4O2/c1-6-11-20(16(22)23-17(3,4)5)13-10-18-14-15-8-9-19-21(15)12-7-2/h8-9,18H,6-7,10-14H2,1-5H3. The molecule has 0 fully saturated rings. The number of amides is 1. The first kappa shape index (κ1) is 19.5. The van der Waals surface area contributed by atoms with Crippen LogP contribution in [0.15, 0.2) is 12.3 Å². The third-order valence-electron chi connectivity index (χ3n) is 3.25. The quantitative estimate of drug-likeness (QED) is 0.709. The van der Waals surface area contributed by atoms with Crippen LogP contribution in [0.5, 0.6) is 0 Å². The lowest BCUT2D eigenvalue weighted by Crippen LogP contribution is -2.40. The van der Waals surface area contributed by atoms with Crippen molar-refractivity contribution in [2.24, 2.45) is 0 Å². The molecule has 6 nitrogen and oxygen atoms in total. The summed E-state index contributed by atoms with van der Waals surface area (Å²) in [7, 11) is 0. The maximum atomic E-state index is 12.2. The molecule has 0 spiro atoms. The molecule has 0 aliphatic rings. The summed E-state index contributed by atoms with van der Waals surface area (Å²) in [5, 5.41) is 7.69. The van der Waals surface area contributed by atoms with Crippen LogP contribution in [0.3, 0.4) is 0 Å². The first-order valence-electron chi connectivity index (χ1n) is 8.56. The molecule has 132 valence electrons. The summed E-state index contributed by atoms with van der Waals surface area (Å²) < 4.78 is 7.47. The van der Waals surface area contributed by atoms with E-state index in [0.717, 1.165) is 32.5 Å². The van der Waals surface area contributed by atoms with Gasteiger partial charge in [0.1, 0.15) is 5.60 Å². The van der Waals surface area contributed by atoms with Crippen molar-refractivity contribution in [1.29, 1.82) is 0 Å². The van der Waals surface area contributed by atoms with Gasteiger partial charge in [-0.25, -0.2) is 4.79 Å². The average molecular weight is 324 g/mol. The molecule has 1 amide bonds. The SMILES string of the molecule is CCCN(CCNCc1ccnn1CCC)C(=O)OC(C)(C)C. The predicted molar refractivity (Wildman–Crippen MR) is 92.3 cm³/mol. The van der Waals surface area contributed by atoms with Crippen LogP contribution in [0.2, 0.25) is 0 Å². The Kier molecular flexibility index (Phi) is 8.09. The molecule has 0 saturated carbocycles. The first-order chi connectivity index (χ1) is 10.9. The van der Waals surface area contributed by atoms with Gasteiger partial charge in [-0.15, -0.1) is 0 Å². The molecule has 0 aliphatic carbocycles. The Hall–Kier alpha value is -1.56. The van der Waals surface area contributed by atoms with Crippen LogP contribution in [0, 0.1) is 0 Å². The molecule has 0 aromatic carbocycles. The van der Waals surface area contributed by atoms with Gasteiger partial charge >= 0.3 is 6.09 Å². The lowest BCUT2D eigenvalue weighted by molar-refractivity contribution is 0.0252. The first-order valence-corrected chi connectivity index (χ1v) is 8.56. The molecule has 1 aromatic rings. The second kappa shape index (κ2) is 9.55. The van der Waals surface area contributed by atoms with Crippen LogP contribution in [-0.4, -0.2) is 46.0 Å². The van der Waals surface area contributed by atoms with Crippen molar-refractivity contribution in [2.45, 2.75) is 66.2 Å². The molecular weight excluding hydrogens is 292 g/mol. The van der Waals surface area contributed by atoms with Crippen LogP contribution >= 0.6 is 0 Å². The molecule has 0 atom stereocenters. The van der Waals surface area contributed by atoms with E-state index < -0.39 is 5.60 Å². The normalized spacial score (nSPS) is 11.5. The highest BCUT2D eigenvalue weighted by atomic mass is 16.6. The number of hydrogen-bond acceptors (Lipinski definition) is 4. The van der Waals surface area contributed by atoms with Crippen LogP contribution in [0.25, 0.3) is 0 Å². The minimum Gasteiger partial charge on any atom is -0.444 e. The van der Waals surface area contributed by atoms with Crippen molar-refractivity contribution >= 4 is 6.09 Å². The third-order valence-corrected chi connectivity index (χ3v) is 3.25. The maximum Gasteiger partial charge on any atom is 0.410 e. The second-order valence-corrected chi connectivity index (χ2v) is 6.69. The van der Waals surface area contributed by atoms with Gasteiger partial charge in [0.2, 0.25) is 0 Å². The van der Waals surface area contributed by atoms with Gasteiger partial charge in [0.05, 0.1) is 5.69 Å². The van der Waals surface area contributed by atoms with E-state index in [4.69, 9.17) is 4.74 Å². The molecule has 1 heterocycles. The zero-order chi connectivity index (χ0) is 17.3. The van der Waals surface area contributed by atoms with Crippen LogP contribution in [0.4, 0.5) is 4.79 Å². The van der Waals surface area contributed by atoms with Crippen LogP contribution < -0.4 is 5.32 Å². The largest absolute Gasteiger partial charge is 0.444 e. The zero-order valence-corrected chi connectivity index (χ0v) is 15.3. The van der Waals surface area contributed by atoms with Gasteiger partial charge in [-0.3, -0.25) is 4.68 Å². The molecule has 0 bridgehead atoms. The Labute approximate surface area is 140 Å². The Morgan fingerprint density at radius 2 is 2.04 bits per heavy atom. The van der Waals surface area contributed by atoms with E-state index in [2.05, 4.69) is 24.3 Å². The number of nitrogens with zero attached hydrogens (tertiary/aromatic N) is 3. The third kappa shape index (κ3) is 7.50. The lowest BCUT2D eigenvalue weighted by atomic mass is 10.2. The number of rotatable bonds is 9. The molecule has 0 radical (unpaired) electrons. The number of aromatic nitrogens is 2. The Morgan fingerprint density at radius 1 is 1.30 bits per heavy atom. The van der Waals surface area contributed by atoms with Crippen molar-refractivity contribution in [2.75, 3.05) is 19.6 Å². The van der Waals surface area contributed by atoms with Crippen LogP contribution in [0.1, 0.15) is 53.2 Å². The van der Waals surface area contributed by atoms with Gasteiger partial charge in [0.25, 0.3) is 0 Å². The maximum absolute atomic E-state index is 12.2. The van der Waals surface area contributed by atoms with Crippen molar-refractivity contribution in [3.8, 4) is 0 Å². The summed E-state index contributed by atoms with van der Waals surface area (Å²) in [6, 6.07) is 2.03. The summed E-state index contributed by atoms with van der Waals surface area (Å²) in [6.07, 6.45) is 3.58. The van der Waals surface area contributed by atoms with Crippen LogP contribution in [-0.2, 0) is 17.8 Å². The monoisotopic (exact) mass is 324 g/mol. The highest BCUT2D eigenvalue weighted by Gasteiger charge is 2.21. The van der Waals surface area contributed by atoms with Gasteiger partial charge in [-0.1, -0.05) is 13.8 Å². The highest BCUT2D eigenvalue weighted by Crippen LogP contribution is 2.10. The minimum atomic E-state index is -0.455. The van der Waals surface area contributed by atoms with Gasteiger partial charge < -0.3 is 15.0 Å². The molecule has 0 unspecified atom stereocenters. The number of nitrogens with one attached hydrogen (secondary N) is 1. The Bertz CT molecular complexity index is 465. The number of ether oxygens (including phenoxy) is 1. The fourth-order valence-electron chi connectivity index (χ4n) is 2.24. The minimum absolute atomic E-state index is 0.239. The van der Waals surface area contributed by atoms with Crippen molar-refractivity contribution in [3.63, 3.8) is 0 Å². The average Bonchev–Trinajstić information content (AvgIpc) is 2.88. The van der Waals surface area contributed by atoms with Crippen molar-refractivity contribution in [3.05, 3.63) is 18.0 Å². The topological polar surface area (TPSA) is 59.4 Å². The van der Waals surface area contributed by atoms with E-state index in [1.165, 1.54) is 5.69 Å².